The van der Waals surface area contributed by atoms with Gasteiger partial charge in [-0.2, -0.15) is 0 Å². The lowest BCUT2D eigenvalue weighted by atomic mass is 10.3. The van der Waals surface area contributed by atoms with Gasteiger partial charge in [-0.25, -0.2) is 4.79 Å². The maximum atomic E-state index is 11.9. The Morgan fingerprint density at radius 1 is 1.05 bits per heavy atom. The van der Waals surface area contributed by atoms with Gasteiger partial charge in [-0.1, -0.05) is 18.2 Å². The number of nitrogens with zero attached hydrogens (tertiary/aromatic N) is 4. The zero-order valence-electron chi connectivity index (χ0n) is 10.9. The fourth-order valence-corrected chi connectivity index (χ4v) is 1.84. The average Bonchev–Trinajstić information content (AvgIpc) is 2.67. The van der Waals surface area contributed by atoms with Crippen LogP contribution in [0.3, 0.4) is 0 Å². The van der Waals surface area contributed by atoms with Crippen molar-refractivity contribution in [3.63, 3.8) is 0 Å². The number of benzene rings is 1. The predicted molar refractivity (Wildman–Crippen MR) is 72.3 cm³/mol. The molecule has 0 saturated carbocycles. The Bertz CT molecular complexity index is 641. The van der Waals surface area contributed by atoms with Gasteiger partial charge < -0.3 is 5.11 Å². The fourth-order valence-electron chi connectivity index (χ4n) is 1.84. The number of imidazole rings is 1. The van der Waals surface area contributed by atoms with Crippen molar-refractivity contribution in [1.29, 1.82) is 0 Å². The van der Waals surface area contributed by atoms with Crippen LogP contribution in [0.5, 0.6) is 5.88 Å². The molecular formula is C13H16N4O2. The average molecular weight is 260 g/mol. The maximum Gasteiger partial charge on any atom is 0.332 e. The lowest BCUT2D eigenvalue weighted by molar-refractivity contribution is 0.419. The fraction of sp³-hybridized carbons (Fsp3) is 0.308. The Morgan fingerprint density at radius 3 is 2.26 bits per heavy atom. The minimum absolute atomic E-state index is 0.144. The summed E-state index contributed by atoms with van der Waals surface area (Å²) >= 11 is 0. The molecular weight excluding hydrogens is 244 g/mol. The first-order chi connectivity index (χ1) is 9.19. The van der Waals surface area contributed by atoms with Crippen LogP contribution < -0.4 is 5.69 Å². The Kier molecular flexibility index (Phi) is 3.79. The summed E-state index contributed by atoms with van der Waals surface area (Å²) in [7, 11) is 0. The highest BCUT2D eigenvalue weighted by molar-refractivity contribution is 5.42. The summed E-state index contributed by atoms with van der Waals surface area (Å²) < 4.78 is 2.66. The van der Waals surface area contributed by atoms with Crippen LogP contribution in [0.4, 0.5) is 11.5 Å². The minimum Gasteiger partial charge on any atom is -0.492 e. The van der Waals surface area contributed by atoms with Gasteiger partial charge in [0.2, 0.25) is 11.7 Å². The number of azo groups is 1. The molecule has 2 rings (SSSR count). The number of rotatable bonds is 4. The smallest absolute Gasteiger partial charge is 0.332 e. The molecule has 19 heavy (non-hydrogen) atoms. The van der Waals surface area contributed by atoms with E-state index in [2.05, 4.69) is 10.2 Å². The van der Waals surface area contributed by atoms with Gasteiger partial charge in [-0.15, -0.1) is 10.2 Å². The summed E-state index contributed by atoms with van der Waals surface area (Å²) in [5.74, 6) is 0.0484. The molecule has 0 amide bonds. The first kappa shape index (κ1) is 13.1. The molecule has 1 aromatic heterocycles. The van der Waals surface area contributed by atoms with E-state index in [0.29, 0.717) is 18.8 Å². The molecule has 0 aliphatic heterocycles. The molecule has 1 N–H and O–H groups in total. The SMILES string of the molecule is CCn1c(O)c(N=Nc2ccccc2)n(CC)c1=O. The second kappa shape index (κ2) is 5.51. The van der Waals surface area contributed by atoms with Crippen LogP contribution >= 0.6 is 0 Å². The molecule has 1 aromatic carbocycles. The Hall–Kier alpha value is -2.37. The molecule has 0 aliphatic carbocycles. The summed E-state index contributed by atoms with van der Waals surface area (Å²) in [5.41, 5.74) is 0.394. The molecule has 2 aromatic rings. The molecule has 0 unspecified atom stereocenters. The molecule has 1 heterocycles. The van der Waals surface area contributed by atoms with Crippen molar-refractivity contribution in [1.82, 2.24) is 9.13 Å². The Balaban J connectivity index is 2.46. The van der Waals surface area contributed by atoms with Crippen LogP contribution in [0.25, 0.3) is 0 Å². The second-order valence-electron chi connectivity index (χ2n) is 3.95. The van der Waals surface area contributed by atoms with Crippen molar-refractivity contribution < 1.29 is 5.11 Å². The van der Waals surface area contributed by atoms with Gasteiger partial charge >= 0.3 is 5.69 Å². The van der Waals surface area contributed by atoms with Gasteiger partial charge in [0.25, 0.3) is 0 Å². The lowest BCUT2D eigenvalue weighted by Gasteiger charge is -1.97. The highest BCUT2D eigenvalue weighted by Crippen LogP contribution is 2.27. The first-order valence-electron chi connectivity index (χ1n) is 6.18. The van der Waals surface area contributed by atoms with Crippen LogP contribution in [-0.4, -0.2) is 14.2 Å². The largest absolute Gasteiger partial charge is 0.492 e. The van der Waals surface area contributed by atoms with Crippen LogP contribution in [0, 0.1) is 0 Å². The topological polar surface area (TPSA) is 71.9 Å². The molecule has 0 fully saturated rings. The zero-order chi connectivity index (χ0) is 13.8. The zero-order valence-corrected chi connectivity index (χ0v) is 10.9. The number of hydrogen-bond donors (Lipinski definition) is 1. The molecule has 0 bridgehead atoms. The third-order valence-corrected chi connectivity index (χ3v) is 2.82. The van der Waals surface area contributed by atoms with E-state index in [0.717, 1.165) is 0 Å². The summed E-state index contributed by atoms with van der Waals surface area (Å²) in [5, 5.41) is 18.0. The van der Waals surface area contributed by atoms with Crippen molar-refractivity contribution in [2.45, 2.75) is 26.9 Å². The molecule has 6 nitrogen and oxygen atoms in total. The van der Waals surface area contributed by atoms with Crippen molar-refractivity contribution in [3.8, 4) is 5.88 Å². The van der Waals surface area contributed by atoms with Crippen molar-refractivity contribution in [3.05, 3.63) is 40.8 Å². The molecule has 6 heteroatoms. The van der Waals surface area contributed by atoms with Gasteiger partial charge in [0.05, 0.1) is 5.69 Å². The lowest BCUT2D eigenvalue weighted by Crippen LogP contribution is -2.22. The summed E-state index contributed by atoms with van der Waals surface area (Å²) in [6, 6.07) is 9.17. The second-order valence-corrected chi connectivity index (χ2v) is 3.95. The standard InChI is InChI=1S/C13H16N4O2/c1-3-16-11(12(18)17(4-2)13(16)19)15-14-10-8-6-5-7-9-10/h5-9,18H,3-4H2,1-2H3. The molecule has 0 spiro atoms. The van der Waals surface area contributed by atoms with E-state index < -0.39 is 0 Å². The van der Waals surface area contributed by atoms with Crippen LogP contribution in [-0.2, 0) is 13.1 Å². The van der Waals surface area contributed by atoms with Gasteiger partial charge in [-0.05, 0) is 26.0 Å². The van der Waals surface area contributed by atoms with E-state index in [1.807, 2.05) is 25.1 Å². The number of aromatic hydroxyl groups is 1. The Morgan fingerprint density at radius 2 is 1.68 bits per heavy atom. The first-order valence-corrected chi connectivity index (χ1v) is 6.18. The van der Waals surface area contributed by atoms with E-state index in [1.54, 1.807) is 19.1 Å². The molecule has 0 saturated heterocycles. The third-order valence-electron chi connectivity index (χ3n) is 2.82. The van der Waals surface area contributed by atoms with Crippen LogP contribution in [0.15, 0.2) is 45.4 Å². The number of aromatic nitrogens is 2. The van der Waals surface area contributed by atoms with Gasteiger partial charge in [0.1, 0.15) is 0 Å². The summed E-state index contributed by atoms with van der Waals surface area (Å²) in [6.45, 7) is 4.44. The van der Waals surface area contributed by atoms with E-state index in [1.165, 1.54) is 9.13 Å². The van der Waals surface area contributed by atoms with E-state index in [-0.39, 0.29) is 17.4 Å². The van der Waals surface area contributed by atoms with Crippen LogP contribution in [0.2, 0.25) is 0 Å². The van der Waals surface area contributed by atoms with E-state index >= 15 is 0 Å². The monoisotopic (exact) mass is 260 g/mol. The van der Waals surface area contributed by atoms with Crippen molar-refractivity contribution >= 4 is 11.5 Å². The van der Waals surface area contributed by atoms with Crippen molar-refractivity contribution in [2.24, 2.45) is 10.2 Å². The maximum absolute atomic E-state index is 11.9. The quantitative estimate of drug-likeness (QED) is 0.858. The van der Waals surface area contributed by atoms with E-state index in [4.69, 9.17) is 0 Å². The summed E-state index contributed by atoms with van der Waals surface area (Å²) in [4.78, 5) is 11.9. The molecule has 0 atom stereocenters. The molecule has 100 valence electrons. The van der Waals surface area contributed by atoms with Gasteiger partial charge in [-0.3, -0.25) is 9.13 Å². The van der Waals surface area contributed by atoms with Gasteiger partial charge in [0, 0.05) is 13.1 Å². The van der Waals surface area contributed by atoms with Crippen LogP contribution in [0.1, 0.15) is 13.8 Å². The Labute approximate surface area is 110 Å². The highest BCUT2D eigenvalue weighted by Gasteiger charge is 2.17. The molecule has 0 radical (unpaired) electrons. The summed E-state index contributed by atoms with van der Waals surface area (Å²) in [6.07, 6.45) is 0. The predicted octanol–water partition coefficient (Wildman–Crippen LogP) is 2.81. The highest BCUT2D eigenvalue weighted by atomic mass is 16.3. The minimum atomic E-state index is -0.274. The third kappa shape index (κ3) is 2.42. The van der Waals surface area contributed by atoms with E-state index in [9.17, 15) is 9.90 Å². The van der Waals surface area contributed by atoms with Gasteiger partial charge in [0.15, 0.2) is 0 Å². The normalized spacial score (nSPS) is 11.3. The van der Waals surface area contributed by atoms with Crippen molar-refractivity contribution in [2.75, 3.05) is 0 Å². The molecule has 0 aliphatic rings. The number of hydrogen-bond acceptors (Lipinski definition) is 4.